The summed E-state index contributed by atoms with van der Waals surface area (Å²) in [5, 5.41) is 3.77. The monoisotopic (exact) mass is 247 g/mol. The first kappa shape index (κ1) is 10.2. The minimum absolute atomic E-state index is 0.676. The second-order valence-electron chi connectivity index (χ2n) is 3.57. The van der Waals surface area contributed by atoms with Crippen LogP contribution in [-0.4, -0.2) is 24.7 Å². The molecular formula is C10H9N5OS. The SMILES string of the molecule is S=c1[nH]c2cnccc2n1CCc1ncon1. The molecule has 0 spiro atoms. The molecule has 0 aromatic carbocycles. The molecule has 0 aliphatic carbocycles. The Morgan fingerprint density at radius 1 is 1.47 bits per heavy atom. The van der Waals surface area contributed by atoms with Gasteiger partial charge in [0.2, 0.25) is 6.39 Å². The van der Waals surface area contributed by atoms with Crippen molar-refractivity contribution in [2.24, 2.45) is 0 Å². The van der Waals surface area contributed by atoms with Crippen LogP contribution in [0.3, 0.4) is 0 Å². The molecule has 0 aliphatic rings. The van der Waals surface area contributed by atoms with Crippen molar-refractivity contribution in [2.45, 2.75) is 13.0 Å². The number of fused-ring (bicyclic) bond motifs is 1. The summed E-state index contributed by atoms with van der Waals surface area (Å²) in [7, 11) is 0. The second kappa shape index (κ2) is 4.10. The molecule has 0 aliphatic heterocycles. The number of imidazole rings is 1. The smallest absolute Gasteiger partial charge is 0.213 e. The van der Waals surface area contributed by atoms with E-state index in [0.29, 0.717) is 23.6 Å². The summed E-state index contributed by atoms with van der Waals surface area (Å²) in [4.78, 5) is 11.1. The van der Waals surface area contributed by atoms with Gasteiger partial charge in [0.25, 0.3) is 0 Å². The highest BCUT2D eigenvalue weighted by molar-refractivity contribution is 7.71. The van der Waals surface area contributed by atoms with Crippen LogP contribution in [0.15, 0.2) is 29.4 Å². The summed E-state index contributed by atoms with van der Waals surface area (Å²) < 4.78 is 7.37. The molecule has 3 heterocycles. The second-order valence-corrected chi connectivity index (χ2v) is 3.96. The maximum atomic E-state index is 5.26. The van der Waals surface area contributed by atoms with E-state index in [2.05, 4.69) is 24.6 Å². The highest BCUT2D eigenvalue weighted by Crippen LogP contribution is 2.12. The van der Waals surface area contributed by atoms with Crippen molar-refractivity contribution in [2.75, 3.05) is 0 Å². The van der Waals surface area contributed by atoms with Crippen molar-refractivity contribution in [1.82, 2.24) is 24.7 Å². The van der Waals surface area contributed by atoms with Gasteiger partial charge in [-0.1, -0.05) is 5.16 Å². The van der Waals surface area contributed by atoms with Crippen LogP contribution in [0.4, 0.5) is 0 Å². The molecular weight excluding hydrogens is 238 g/mol. The van der Waals surface area contributed by atoms with Gasteiger partial charge in [-0.25, -0.2) is 0 Å². The van der Waals surface area contributed by atoms with E-state index in [1.54, 1.807) is 12.4 Å². The highest BCUT2D eigenvalue weighted by atomic mass is 32.1. The van der Waals surface area contributed by atoms with Gasteiger partial charge in [0.15, 0.2) is 10.6 Å². The summed E-state index contributed by atoms with van der Waals surface area (Å²) >= 11 is 5.26. The minimum atomic E-state index is 0.676. The van der Waals surface area contributed by atoms with E-state index in [-0.39, 0.29) is 0 Å². The molecule has 17 heavy (non-hydrogen) atoms. The number of hydrogen-bond donors (Lipinski definition) is 1. The van der Waals surface area contributed by atoms with E-state index in [9.17, 15) is 0 Å². The molecule has 0 bridgehead atoms. The third kappa shape index (κ3) is 1.84. The highest BCUT2D eigenvalue weighted by Gasteiger charge is 2.05. The first-order valence-electron chi connectivity index (χ1n) is 5.12. The van der Waals surface area contributed by atoms with Gasteiger partial charge in [-0.15, -0.1) is 0 Å². The van der Waals surface area contributed by atoms with Crippen LogP contribution in [0.2, 0.25) is 0 Å². The molecule has 0 fully saturated rings. The molecule has 0 atom stereocenters. The Bertz CT molecular complexity index is 684. The fourth-order valence-corrected chi connectivity index (χ4v) is 2.05. The number of nitrogens with one attached hydrogen (secondary N) is 1. The lowest BCUT2D eigenvalue weighted by atomic mass is 10.3. The molecule has 3 rings (SSSR count). The number of nitrogens with zero attached hydrogens (tertiary/aromatic N) is 4. The number of H-pyrrole nitrogens is 1. The van der Waals surface area contributed by atoms with Crippen molar-refractivity contribution in [3.63, 3.8) is 0 Å². The van der Waals surface area contributed by atoms with Crippen LogP contribution in [-0.2, 0) is 13.0 Å². The molecule has 0 amide bonds. The van der Waals surface area contributed by atoms with Gasteiger partial charge in [-0.05, 0) is 18.3 Å². The van der Waals surface area contributed by atoms with Crippen LogP contribution >= 0.6 is 12.2 Å². The summed E-state index contributed by atoms with van der Waals surface area (Å²) in [6.07, 6.45) is 5.51. The Kier molecular flexibility index (Phi) is 2.45. The Hall–Kier alpha value is -2.02. The van der Waals surface area contributed by atoms with Crippen LogP contribution in [0.25, 0.3) is 11.0 Å². The fourth-order valence-electron chi connectivity index (χ4n) is 1.75. The summed E-state index contributed by atoms with van der Waals surface area (Å²) in [6.45, 7) is 0.711. The number of pyridine rings is 1. The van der Waals surface area contributed by atoms with E-state index in [0.717, 1.165) is 11.0 Å². The Labute approximate surface area is 101 Å². The molecule has 7 heteroatoms. The number of hydrogen-bond acceptors (Lipinski definition) is 5. The predicted molar refractivity (Wildman–Crippen MR) is 62.9 cm³/mol. The Balaban J connectivity index is 1.94. The maximum absolute atomic E-state index is 5.26. The molecule has 0 unspecified atom stereocenters. The quantitative estimate of drug-likeness (QED) is 0.713. The fraction of sp³-hybridized carbons (Fsp3) is 0.200. The maximum Gasteiger partial charge on any atom is 0.213 e. The average molecular weight is 247 g/mol. The Morgan fingerprint density at radius 3 is 3.24 bits per heavy atom. The van der Waals surface area contributed by atoms with E-state index in [4.69, 9.17) is 12.2 Å². The van der Waals surface area contributed by atoms with Gasteiger partial charge < -0.3 is 14.1 Å². The zero-order valence-electron chi connectivity index (χ0n) is 8.83. The van der Waals surface area contributed by atoms with Gasteiger partial charge in [0.1, 0.15) is 0 Å². The van der Waals surface area contributed by atoms with E-state index in [1.165, 1.54) is 6.39 Å². The number of aryl methyl sites for hydroxylation is 2. The summed E-state index contributed by atoms with van der Waals surface area (Å²) in [6, 6.07) is 1.93. The lowest BCUT2D eigenvalue weighted by Crippen LogP contribution is -2.02. The molecule has 1 N–H and O–H groups in total. The predicted octanol–water partition coefficient (Wildman–Crippen LogP) is 1.72. The topological polar surface area (TPSA) is 72.5 Å². The summed E-state index contributed by atoms with van der Waals surface area (Å²) in [5.74, 6) is 0.676. The first-order valence-corrected chi connectivity index (χ1v) is 5.53. The van der Waals surface area contributed by atoms with E-state index < -0.39 is 0 Å². The number of rotatable bonds is 3. The van der Waals surface area contributed by atoms with E-state index >= 15 is 0 Å². The third-order valence-electron chi connectivity index (χ3n) is 2.54. The number of aromatic amines is 1. The molecule has 0 saturated carbocycles. The van der Waals surface area contributed by atoms with Crippen molar-refractivity contribution >= 4 is 23.3 Å². The van der Waals surface area contributed by atoms with Crippen LogP contribution in [0, 0.1) is 4.77 Å². The van der Waals surface area contributed by atoms with Crippen LogP contribution in [0.5, 0.6) is 0 Å². The standard InChI is InChI=1S/C10H9N5OS/c17-10-13-7-5-11-3-1-8(7)15(10)4-2-9-12-6-16-14-9/h1,3,5-6H,2,4H2,(H,13,17). The molecule has 3 aromatic rings. The van der Waals surface area contributed by atoms with Gasteiger partial charge in [-0.2, -0.15) is 4.98 Å². The van der Waals surface area contributed by atoms with Gasteiger partial charge >= 0.3 is 0 Å². The van der Waals surface area contributed by atoms with Gasteiger partial charge in [0.05, 0.1) is 17.2 Å². The van der Waals surface area contributed by atoms with Crippen molar-refractivity contribution in [3.8, 4) is 0 Å². The summed E-state index contributed by atoms with van der Waals surface area (Å²) in [5.41, 5.74) is 1.97. The van der Waals surface area contributed by atoms with Crippen LogP contribution in [0.1, 0.15) is 5.82 Å². The van der Waals surface area contributed by atoms with Crippen molar-refractivity contribution in [1.29, 1.82) is 0 Å². The minimum Gasteiger partial charge on any atom is -0.343 e. The lowest BCUT2D eigenvalue weighted by molar-refractivity contribution is 0.408. The first-order chi connectivity index (χ1) is 8.34. The van der Waals surface area contributed by atoms with Gasteiger partial charge in [-0.3, -0.25) is 4.98 Å². The molecule has 0 radical (unpaired) electrons. The van der Waals surface area contributed by atoms with E-state index in [1.807, 2.05) is 10.6 Å². The van der Waals surface area contributed by atoms with Gasteiger partial charge in [0, 0.05) is 19.2 Å². The Morgan fingerprint density at radius 2 is 2.41 bits per heavy atom. The number of aromatic nitrogens is 5. The zero-order chi connectivity index (χ0) is 11.7. The zero-order valence-corrected chi connectivity index (χ0v) is 9.65. The largest absolute Gasteiger partial charge is 0.343 e. The molecule has 3 aromatic heterocycles. The normalized spacial score (nSPS) is 11.1. The molecule has 6 nitrogen and oxygen atoms in total. The average Bonchev–Trinajstić information content (AvgIpc) is 2.93. The van der Waals surface area contributed by atoms with Crippen molar-refractivity contribution < 1.29 is 4.52 Å². The van der Waals surface area contributed by atoms with Crippen molar-refractivity contribution in [3.05, 3.63) is 35.4 Å². The third-order valence-corrected chi connectivity index (χ3v) is 2.86. The molecule has 0 saturated heterocycles. The van der Waals surface area contributed by atoms with Crippen LogP contribution < -0.4 is 0 Å². The lowest BCUT2D eigenvalue weighted by Gasteiger charge is -2.01. The molecule has 86 valence electrons.